The smallest absolute Gasteiger partial charge is 0.307 e. The Morgan fingerprint density at radius 2 is 1.97 bits per heavy atom. The molecular weight excluding hydrogens is 453 g/mol. The molecule has 1 unspecified atom stereocenters. The molecule has 2 amide bonds. The van der Waals surface area contributed by atoms with Gasteiger partial charge in [0.2, 0.25) is 11.8 Å². The van der Waals surface area contributed by atoms with E-state index in [-0.39, 0.29) is 62.1 Å². The fourth-order valence-electron chi connectivity index (χ4n) is 3.48. The van der Waals surface area contributed by atoms with Crippen LogP contribution in [-0.2, 0) is 36.9 Å². The van der Waals surface area contributed by atoms with E-state index < -0.39 is 23.8 Å². The largest absolute Gasteiger partial charge is 0.469 e. The highest BCUT2D eigenvalue weighted by Gasteiger charge is 2.31. The van der Waals surface area contributed by atoms with Crippen LogP contribution in [0.3, 0.4) is 0 Å². The second-order valence-electron chi connectivity index (χ2n) is 7.61. The Labute approximate surface area is 196 Å². The molecule has 2 heterocycles. The first-order chi connectivity index (χ1) is 15.9. The van der Waals surface area contributed by atoms with Gasteiger partial charge in [-0.3, -0.25) is 19.4 Å². The first-order valence-corrected chi connectivity index (χ1v) is 10.8. The molecule has 0 radical (unpaired) electrons. The Morgan fingerprint density at radius 1 is 1.21 bits per heavy atom. The highest BCUT2D eigenvalue weighted by Crippen LogP contribution is 2.21. The van der Waals surface area contributed by atoms with Crippen molar-refractivity contribution in [3.63, 3.8) is 0 Å². The van der Waals surface area contributed by atoms with E-state index in [2.05, 4.69) is 9.72 Å². The van der Waals surface area contributed by atoms with Crippen molar-refractivity contribution in [2.75, 3.05) is 33.3 Å². The number of benzene rings is 1. The van der Waals surface area contributed by atoms with E-state index in [0.29, 0.717) is 0 Å². The molecule has 3 rings (SSSR count). The molecule has 1 fully saturated rings. The maximum atomic E-state index is 14.2. The number of aromatic nitrogens is 1. The van der Waals surface area contributed by atoms with Gasteiger partial charge in [-0.15, -0.1) is 0 Å². The van der Waals surface area contributed by atoms with E-state index in [4.69, 9.17) is 16.3 Å². The third-order valence-electron chi connectivity index (χ3n) is 5.32. The molecule has 0 bridgehead atoms. The lowest BCUT2D eigenvalue weighted by molar-refractivity contribution is -0.142. The lowest BCUT2D eigenvalue weighted by Gasteiger charge is -2.25. The molecule has 176 valence electrons. The van der Waals surface area contributed by atoms with E-state index in [1.54, 1.807) is 24.5 Å². The van der Waals surface area contributed by atoms with E-state index >= 15 is 0 Å². The van der Waals surface area contributed by atoms with Gasteiger partial charge < -0.3 is 19.3 Å². The Morgan fingerprint density at radius 3 is 2.67 bits per heavy atom. The van der Waals surface area contributed by atoms with Crippen LogP contribution in [-0.4, -0.2) is 72.0 Å². The highest BCUT2D eigenvalue weighted by atomic mass is 35.5. The number of carbonyl (C=O) groups is 3. The summed E-state index contributed by atoms with van der Waals surface area (Å²) in [5, 5.41) is 0.148. The Kier molecular flexibility index (Phi) is 8.73. The monoisotopic (exact) mass is 477 g/mol. The van der Waals surface area contributed by atoms with Gasteiger partial charge in [-0.2, -0.15) is 0 Å². The predicted molar refractivity (Wildman–Crippen MR) is 118 cm³/mol. The quantitative estimate of drug-likeness (QED) is 0.542. The average molecular weight is 478 g/mol. The number of pyridine rings is 1. The topological polar surface area (TPSA) is 89.0 Å². The van der Waals surface area contributed by atoms with Crippen molar-refractivity contribution in [2.24, 2.45) is 0 Å². The molecule has 1 aliphatic heterocycles. The number of hydrogen-bond donors (Lipinski definition) is 0. The third kappa shape index (κ3) is 6.97. The maximum absolute atomic E-state index is 14.2. The molecule has 1 aromatic heterocycles. The predicted octanol–water partition coefficient (Wildman–Crippen LogP) is 2.24. The summed E-state index contributed by atoms with van der Waals surface area (Å²) in [6.07, 6.45) is 2.52. The number of carbonyl (C=O) groups excluding carboxylic acids is 3. The van der Waals surface area contributed by atoms with Crippen LogP contribution in [0.4, 0.5) is 4.39 Å². The summed E-state index contributed by atoms with van der Waals surface area (Å²) < 4.78 is 24.9. The minimum atomic E-state index is -0.581. The van der Waals surface area contributed by atoms with Crippen LogP contribution < -0.4 is 0 Å². The molecule has 1 saturated heterocycles. The van der Waals surface area contributed by atoms with Crippen LogP contribution in [0.15, 0.2) is 42.7 Å². The Balaban J connectivity index is 1.74. The van der Waals surface area contributed by atoms with Gasteiger partial charge >= 0.3 is 5.97 Å². The number of amides is 2. The summed E-state index contributed by atoms with van der Waals surface area (Å²) in [4.78, 5) is 44.2. The van der Waals surface area contributed by atoms with Gasteiger partial charge in [0.1, 0.15) is 5.82 Å². The minimum Gasteiger partial charge on any atom is -0.469 e. The number of rotatable bonds is 8. The summed E-state index contributed by atoms with van der Waals surface area (Å²) in [7, 11) is 1.28. The lowest BCUT2D eigenvalue weighted by atomic mass is 10.1. The first-order valence-electron chi connectivity index (χ1n) is 10.4. The fraction of sp³-hybridized carbons (Fsp3) is 0.391. The van der Waals surface area contributed by atoms with Crippen molar-refractivity contribution in [1.82, 2.24) is 14.8 Å². The summed E-state index contributed by atoms with van der Waals surface area (Å²) in [6, 6.07) is 7.82. The summed E-state index contributed by atoms with van der Waals surface area (Å²) >= 11 is 6.07. The van der Waals surface area contributed by atoms with Gasteiger partial charge in [0.15, 0.2) is 0 Å². The molecule has 8 nitrogen and oxygen atoms in total. The van der Waals surface area contributed by atoms with Crippen molar-refractivity contribution in [1.29, 1.82) is 0 Å². The number of nitrogens with zero attached hydrogens (tertiary/aromatic N) is 3. The molecule has 1 atom stereocenters. The SMILES string of the molecule is COC(=O)CCN1CC(OCc2ccncc2)CN(C(=O)Cc2c(F)cccc2Cl)CC1=O. The van der Waals surface area contributed by atoms with E-state index in [1.165, 1.54) is 35.1 Å². The molecule has 0 aliphatic carbocycles. The van der Waals surface area contributed by atoms with Crippen molar-refractivity contribution >= 4 is 29.4 Å². The molecule has 2 aromatic rings. The van der Waals surface area contributed by atoms with Crippen molar-refractivity contribution in [3.8, 4) is 0 Å². The zero-order chi connectivity index (χ0) is 23.8. The van der Waals surface area contributed by atoms with Gasteiger partial charge in [-0.25, -0.2) is 4.39 Å². The summed E-state index contributed by atoms with van der Waals surface area (Å²) in [5.41, 5.74) is 0.968. The Hall–Kier alpha value is -3.04. The second-order valence-corrected chi connectivity index (χ2v) is 8.01. The number of halogens is 2. The molecule has 0 spiro atoms. The Bertz CT molecular complexity index is 971. The zero-order valence-corrected chi connectivity index (χ0v) is 19.0. The fourth-order valence-corrected chi connectivity index (χ4v) is 3.71. The zero-order valence-electron chi connectivity index (χ0n) is 18.2. The molecule has 0 saturated carbocycles. The van der Waals surface area contributed by atoms with E-state index in [9.17, 15) is 18.8 Å². The number of ether oxygens (including phenoxy) is 2. The minimum absolute atomic E-state index is 0.0259. The van der Waals surface area contributed by atoms with Gasteiger partial charge in [0, 0.05) is 42.6 Å². The lowest BCUT2D eigenvalue weighted by Crippen LogP contribution is -2.40. The van der Waals surface area contributed by atoms with Crippen molar-refractivity contribution in [2.45, 2.75) is 25.6 Å². The van der Waals surface area contributed by atoms with Crippen LogP contribution in [0, 0.1) is 5.82 Å². The van der Waals surface area contributed by atoms with Gasteiger partial charge in [-0.05, 0) is 29.8 Å². The van der Waals surface area contributed by atoms with Crippen molar-refractivity contribution in [3.05, 3.63) is 64.7 Å². The third-order valence-corrected chi connectivity index (χ3v) is 5.67. The van der Waals surface area contributed by atoms with Gasteiger partial charge in [0.05, 0.1) is 39.2 Å². The molecule has 33 heavy (non-hydrogen) atoms. The molecular formula is C23H25ClFN3O5. The number of esters is 1. The van der Waals surface area contributed by atoms with Crippen LogP contribution >= 0.6 is 11.6 Å². The first kappa shape index (κ1) is 24.6. The summed E-state index contributed by atoms with van der Waals surface area (Å²) in [5.74, 6) is -1.80. The molecule has 1 aliphatic rings. The number of methoxy groups -OCH3 is 1. The highest BCUT2D eigenvalue weighted by molar-refractivity contribution is 6.31. The molecule has 10 heteroatoms. The van der Waals surface area contributed by atoms with Crippen LogP contribution in [0.1, 0.15) is 17.5 Å². The average Bonchev–Trinajstić information content (AvgIpc) is 2.97. The number of hydrogen-bond acceptors (Lipinski definition) is 6. The second kappa shape index (κ2) is 11.7. The summed E-state index contributed by atoms with van der Waals surface area (Å²) in [6.45, 7) is 0.526. The normalized spacial score (nSPS) is 16.5. The van der Waals surface area contributed by atoms with Gasteiger partial charge in [0.25, 0.3) is 0 Å². The van der Waals surface area contributed by atoms with Gasteiger partial charge in [-0.1, -0.05) is 17.7 Å². The van der Waals surface area contributed by atoms with E-state index in [1.807, 2.05) is 0 Å². The van der Waals surface area contributed by atoms with Crippen LogP contribution in [0.5, 0.6) is 0 Å². The molecule has 1 aromatic carbocycles. The molecule has 0 N–H and O–H groups in total. The van der Waals surface area contributed by atoms with E-state index in [0.717, 1.165) is 5.56 Å². The standard InChI is InChI=1S/C23H25ClFN3O5/c1-32-23(31)7-10-27-12-17(33-15-16-5-8-26-9-6-16)13-28(14-22(27)30)21(29)11-18-19(24)3-2-4-20(18)25/h2-6,8-9,17H,7,10-15H2,1H3. The van der Waals surface area contributed by atoms with Crippen LogP contribution in [0.2, 0.25) is 5.02 Å². The maximum Gasteiger partial charge on any atom is 0.307 e. The van der Waals surface area contributed by atoms with Crippen LogP contribution in [0.25, 0.3) is 0 Å². The van der Waals surface area contributed by atoms with Crippen molar-refractivity contribution < 1.29 is 28.2 Å².